The van der Waals surface area contributed by atoms with Crippen LogP contribution in [0, 0.1) is 0 Å². The number of allylic oxidation sites excluding steroid dienone is 3. The second-order valence-corrected chi connectivity index (χ2v) is 24.5. The van der Waals surface area contributed by atoms with Gasteiger partial charge < -0.3 is 5.84 Å². The Morgan fingerprint density at radius 3 is 0.803 bits per heavy atom. The minimum Gasteiger partial charge on any atom is -0.448 e. The summed E-state index contributed by atoms with van der Waals surface area (Å²) in [4.78, 5) is 0. The van der Waals surface area contributed by atoms with Crippen molar-refractivity contribution in [2.45, 2.75) is 367 Å². The predicted molar refractivity (Wildman–Crippen MR) is 342 cm³/mol. The van der Waals surface area contributed by atoms with E-state index in [-0.39, 0.29) is 0 Å². The standard InChI is InChI=1S/C74H128N2/c1-4-7-10-13-15-17-19-21-23-25-27-29-31-33-35-37-39-41-43-45-47-49-51-53-56-68-59-63-70(64-60-68)73-67-72(58-55-12-9-6-3)74(76(73)75)71-65-61-69(62-66-71)57-54-52-50-48-46-44-42-40-38-36-34-32-30-28-26-24-22-20-18-16-14-11-8-5-2/h58-67,75H,4-57H2,1-3H3. The van der Waals surface area contributed by atoms with E-state index in [1.807, 2.05) is 0 Å². The van der Waals surface area contributed by atoms with Gasteiger partial charge in [0, 0.05) is 22.8 Å². The van der Waals surface area contributed by atoms with E-state index in [0.717, 1.165) is 36.2 Å². The second kappa shape index (κ2) is 50.6. The first-order chi connectivity index (χ1) is 37.7. The van der Waals surface area contributed by atoms with E-state index in [2.05, 4.69) is 81.5 Å². The Morgan fingerprint density at radius 2 is 0.526 bits per heavy atom. The Kier molecular flexibility index (Phi) is 45.0. The highest BCUT2D eigenvalue weighted by molar-refractivity contribution is 6.14. The van der Waals surface area contributed by atoms with Crippen molar-refractivity contribution in [2.75, 3.05) is 0 Å². The molecule has 0 aliphatic carbocycles. The van der Waals surface area contributed by atoms with Gasteiger partial charge in [-0.25, -0.2) is 4.68 Å². The van der Waals surface area contributed by atoms with Gasteiger partial charge in [-0.15, -0.1) is 0 Å². The molecule has 0 saturated carbocycles. The van der Waals surface area contributed by atoms with Gasteiger partial charge in [0.2, 0.25) is 11.4 Å². The van der Waals surface area contributed by atoms with Crippen LogP contribution in [0.5, 0.6) is 0 Å². The van der Waals surface area contributed by atoms with Crippen molar-refractivity contribution in [1.29, 1.82) is 0 Å². The number of nitrogens with one attached hydrogen (secondary N) is 1. The van der Waals surface area contributed by atoms with Crippen LogP contribution in [0.25, 0.3) is 11.5 Å². The van der Waals surface area contributed by atoms with Gasteiger partial charge in [0.25, 0.3) is 0 Å². The molecule has 3 rings (SSSR count). The largest absolute Gasteiger partial charge is 0.448 e. The Morgan fingerprint density at radius 1 is 0.289 bits per heavy atom. The van der Waals surface area contributed by atoms with E-state index in [1.165, 1.54) is 350 Å². The van der Waals surface area contributed by atoms with Crippen molar-refractivity contribution >= 4 is 11.4 Å². The predicted octanol–water partition coefficient (Wildman–Crippen LogP) is 25.9. The normalized spacial score (nSPS) is 13.2. The first-order valence-corrected chi connectivity index (χ1v) is 34.7. The number of nitrogens with zero attached hydrogens (tertiary/aromatic N) is 1. The summed E-state index contributed by atoms with van der Waals surface area (Å²) in [6.45, 7) is 6.90. The third kappa shape index (κ3) is 35.8. The molecule has 1 heterocycles. The summed E-state index contributed by atoms with van der Waals surface area (Å²) in [5, 5.41) is 0. The van der Waals surface area contributed by atoms with Crippen molar-refractivity contribution in [2.24, 2.45) is 0 Å². The molecule has 0 radical (unpaired) electrons. The van der Waals surface area contributed by atoms with E-state index in [1.54, 1.807) is 4.68 Å². The van der Waals surface area contributed by atoms with Gasteiger partial charge in [-0.3, -0.25) is 0 Å². The lowest BCUT2D eigenvalue weighted by molar-refractivity contribution is -0.347. The van der Waals surface area contributed by atoms with Crippen LogP contribution in [0.3, 0.4) is 0 Å². The maximum absolute atomic E-state index is 9.39. The quantitative estimate of drug-likeness (QED) is 0.0466. The third-order valence-electron chi connectivity index (χ3n) is 17.3. The molecule has 1 N–H and O–H groups in total. The van der Waals surface area contributed by atoms with E-state index in [9.17, 15) is 5.84 Å². The molecule has 1 aliphatic rings. The molecule has 0 spiro atoms. The lowest BCUT2D eigenvalue weighted by Gasteiger charge is -2.10. The smallest absolute Gasteiger partial charge is 0.215 e. The molecule has 2 aromatic carbocycles. The fourth-order valence-electron chi connectivity index (χ4n) is 12.1. The van der Waals surface area contributed by atoms with Gasteiger partial charge in [0.15, 0.2) is 0 Å². The fraction of sp³-hybridized carbons (Fsp3) is 0.770. The Bertz CT molecular complexity index is 1660. The average molecular weight is 1050 g/mol. The number of rotatable bonds is 56. The molecule has 0 saturated heterocycles. The zero-order valence-corrected chi connectivity index (χ0v) is 51.4. The molecular formula is C74H128N2. The van der Waals surface area contributed by atoms with E-state index >= 15 is 0 Å². The lowest BCUT2D eigenvalue weighted by atomic mass is 9.98. The highest BCUT2D eigenvalue weighted by atomic mass is 15.3. The molecule has 0 amide bonds. The first-order valence-electron chi connectivity index (χ1n) is 34.7. The number of hydrogen-bond donors (Lipinski definition) is 0. The number of unbranched alkanes of at least 4 members (excludes halogenated alkanes) is 49. The van der Waals surface area contributed by atoms with Gasteiger partial charge >= 0.3 is 0 Å². The molecule has 0 fully saturated rings. The van der Waals surface area contributed by atoms with Gasteiger partial charge in [0.1, 0.15) is 0 Å². The maximum Gasteiger partial charge on any atom is 0.215 e. The highest BCUT2D eigenvalue weighted by Gasteiger charge is 2.28. The Balaban J connectivity index is 1.20. The molecule has 76 heavy (non-hydrogen) atoms. The van der Waals surface area contributed by atoms with Gasteiger partial charge in [-0.2, -0.15) is 0 Å². The summed E-state index contributed by atoms with van der Waals surface area (Å²) < 4.78 is 1.72. The van der Waals surface area contributed by atoms with Crippen LogP contribution >= 0.6 is 0 Å². The van der Waals surface area contributed by atoms with Crippen LogP contribution in [0.1, 0.15) is 377 Å². The van der Waals surface area contributed by atoms with E-state index in [4.69, 9.17) is 0 Å². The second-order valence-electron chi connectivity index (χ2n) is 24.5. The van der Waals surface area contributed by atoms with Crippen molar-refractivity contribution in [1.82, 2.24) is 0 Å². The molecule has 0 atom stereocenters. The first kappa shape index (κ1) is 67.7. The molecule has 2 nitrogen and oxygen atoms in total. The molecule has 0 unspecified atom stereocenters. The molecular weight excluding hydrogens is 917 g/mol. The lowest BCUT2D eigenvalue weighted by Crippen LogP contribution is -2.11. The summed E-state index contributed by atoms with van der Waals surface area (Å²) in [5.74, 6) is 9.39. The average Bonchev–Trinajstić information content (AvgIpc) is 3.77. The van der Waals surface area contributed by atoms with Gasteiger partial charge in [0.05, 0.1) is 0 Å². The van der Waals surface area contributed by atoms with Gasteiger partial charge in [-0.05, 0) is 73.9 Å². The number of aryl methyl sites for hydroxylation is 2. The zero-order valence-electron chi connectivity index (χ0n) is 51.4. The van der Waals surface area contributed by atoms with Crippen molar-refractivity contribution in [3.05, 3.63) is 94.4 Å². The SMILES string of the molecule is CCCCCC=C1C=C(c2ccc(CCCCCCCCCCCCCCCCCCCCCCCCCC)cc2)[N+]([NH-])=C1c1ccc(CCCCCCCCCCCCCCCCCCCCCCCCCC)cc1. The van der Waals surface area contributed by atoms with Crippen LogP contribution < -0.4 is 0 Å². The van der Waals surface area contributed by atoms with Crippen molar-refractivity contribution in [3.8, 4) is 0 Å². The molecule has 2 heteroatoms. The summed E-state index contributed by atoms with van der Waals surface area (Å²) >= 11 is 0. The molecule has 1 aliphatic heterocycles. The monoisotopic (exact) mass is 1050 g/mol. The summed E-state index contributed by atoms with van der Waals surface area (Å²) in [6.07, 6.45) is 80.8. The highest BCUT2D eigenvalue weighted by Crippen LogP contribution is 2.30. The summed E-state index contributed by atoms with van der Waals surface area (Å²) in [7, 11) is 0. The fourth-order valence-corrected chi connectivity index (χ4v) is 12.1. The van der Waals surface area contributed by atoms with Crippen molar-refractivity contribution < 1.29 is 4.68 Å². The third-order valence-corrected chi connectivity index (χ3v) is 17.3. The van der Waals surface area contributed by atoms with Crippen LogP contribution in [0.15, 0.2) is 66.3 Å². The van der Waals surface area contributed by atoms with Crippen LogP contribution in [-0.4, -0.2) is 10.4 Å². The minimum absolute atomic E-state index is 1.00. The molecule has 0 bridgehead atoms. The van der Waals surface area contributed by atoms with Crippen LogP contribution in [-0.2, 0) is 12.8 Å². The molecule has 2 aromatic rings. The number of benzene rings is 2. The molecule has 0 aromatic heterocycles. The number of hydrogen-bond acceptors (Lipinski definition) is 0. The molecule has 434 valence electrons. The van der Waals surface area contributed by atoms with Crippen LogP contribution in [0.2, 0.25) is 0 Å². The minimum atomic E-state index is 1.00. The topological polar surface area (TPSA) is 26.8 Å². The Hall–Kier alpha value is -2.61. The summed E-state index contributed by atoms with van der Waals surface area (Å²) in [6, 6.07) is 18.4. The zero-order chi connectivity index (χ0) is 53.9. The summed E-state index contributed by atoms with van der Waals surface area (Å²) in [5.41, 5.74) is 8.44. The Labute approximate surface area is 475 Å². The maximum atomic E-state index is 9.39. The van der Waals surface area contributed by atoms with Gasteiger partial charge in [-0.1, -0.05) is 359 Å². The van der Waals surface area contributed by atoms with E-state index in [0.29, 0.717) is 0 Å². The van der Waals surface area contributed by atoms with Crippen LogP contribution in [0.4, 0.5) is 0 Å². The van der Waals surface area contributed by atoms with E-state index < -0.39 is 0 Å². The van der Waals surface area contributed by atoms with Crippen molar-refractivity contribution in [3.63, 3.8) is 0 Å².